The molecule has 1 aliphatic heterocycles. The maximum absolute atomic E-state index is 3.41. The molecule has 8 heavy (non-hydrogen) atoms. The van der Waals surface area contributed by atoms with E-state index in [4.69, 9.17) is 0 Å². The molecule has 0 aromatic rings. The van der Waals surface area contributed by atoms with Crippen molar-refractivity contribution in [2.45, 2.75) is 31.8 Å². The molecule has 0 aromatic heterocycles. The van der Waals surface area contributed by atoms with Crippen LogP contribution in [0.3, 0.4) is 0 Å². The Hall–Kier alpha value is -0.300. The van der Waals surface area contributed by atoms with Crippen LogP contribution in [0.25, 0.3) is 0 Å². The molecule has 1 heterocycles. The lowest BCUT2D eigenvalue weighted by Gasteiger charge is -2.02. The van der Waals surface area contributed by atoms with Crippen molar-refractivity contribution in [1.29, 1.82) is 0 Å². The van der Waals surface area contributed by atoms with Crippen LogP contribution in [0.15, 0.2) is 11.6 Å². The Labute approximate surface area is 49.8 Å². The third kappa shape index (κ3) is 0.511. The van der Waals surface area contributed by atoms with Gasteiger partial charge >= 0.3 is 0 Å². The second-order valence-electron chi connectivity index (χ2n) is 2.78. The van der Waals surface area contributed by atoms with E-state index in [0.717, 1.165) is 12.1 Å². The van der Waals surface area contributed by atoms with Crippen LogP contribution >= 0.6 is 0 Å². The van der Waals surface area contributed by atoms with Crippen molar-refractivity contribution in [2.24, 2.45) is 0 Å². The lowest BCUT2D eigenvalue weighted by atomic mass is 10.0. The van der Waals surface area contributed by atoms with E-state index in [1.807, 2.05) is 0 Å². The summed E-state index contributed by atoms with van der Waals surface area (Å²) in [5, 5.41) is 3.41. The van der Waals surface area contributed by atoms with Crippen molar-refractivity contribution in [3.05, 3.63) is 11.6 Å². The second-order valence-corrected chi connectivity index (χ2v) is 2.78. The Kier molecular flexibility index (Phi) is 0.770. The van der Waals surface area contributed by atoms with E-state index in [1.165, 1.54) is 12.8 Å². The number of hydrogen-bond donors (Lipinski definition) is 1. The SMILES string of the molecule is CC1=CCCC2NC12. The molecule has 2 atom stereocenters. The van der Waals surface area contributed by atoms with E-state index in [9.17, 15) is 0 Å². The van der Waals surface area contributed by atoms with Crippen molar-refractivity contribution >= 4 is 0 Å². The van der Waals surface area contributed by atoms with Crippen molar-refractivity contribution in [1.82, 2.24) is 5.32 Å². The van der Waals surface area contributed by atoms with Crippen LogP contribution < -0.4 is 5.32 Å². The van der Waals surface area contributed by atoms with E-state index in [-0.39, 0.29) is 0 Å². The fraction of sp³-hybridized carbons (Fsp3) is 0.714. The predicted octanol–water partition coefficient (Wildman–Crippen LogP) is 1.07. The molecule has 0 bridgehead atoms. The number of hydrogen-bond acceptors (Lipinski definition) is 1. The minimum absolute atomic E-state index is 0.781. The topological polar surface area (TPSA) is 21.9 Å². The third-order valence-electron chi connectivity index (χ3n) is 2.12. The molecule has 1 heteroatoms. The maximum Gasteiger partial charge on any atom is 0.0435 e. The number of fused-ring (bicyclic) bond motifs is 1. The lowest BCUT2D eigenvalue weighted by Crippen LogP contribution is -2.00. The first kappa shape index (κ1) is 4.57. The smallest absolute Gasteiger partial charge is 0.0435 e. The quantitative estimate of drug-likeness (QED) is 0.364. The van der Waals surface area contributed by atoms with Gasteiger partial charge in [0, 0.05) is 12.1 Å². The third-order valence-corrected chi connectivity index (χ3v) is 2.12. The minimum Gasteiger partial charge on any atom is -0.304 e. The van der Waals surface area contributed by atoms with Gasteiger partial charge in [-0.25, -0.2) is 0 Å². The van der Waals surface area contributed by atoms with Gasteiger partial charge < -0.3 is 5.32 Å². The summed E-state index contributed by atoms with van der Waals surface area (Å²) < 4.78 is 0. The Balaban J connectivity index is 2.18. The number of rotatable bonds is 0. The molecule has 44 valence electrons. The van der Waals surface area contributed by atoms with Crippen LogP contribution in [0.2, 0.25) is 0 Å². The molecule has 0 radical (unpaired) electrons. The fourth-order valence-corrected chi connectivity index (χ4v) is 1.49. The first-order valence-electron chi connectivity index (χ1n) is 3.30. The van der Waals surface area contributed by atoms with Gasteiger partial charge in [0.25, 0.3) is 0 Å². The highest BCUT2D eigenvalue weighted by Crippen LogP contribution is 2.28. The van der Waals surface area contributed by atoms with Gasteiger partial charge in [-0.05, 0) is 19.8 Å². The van der Waals surface area contributed by atoms with E-state index in [2.05, 4.69) is 18.3 Å². The van der Waals surface area contributed by atoms with Gasteiger partial charge in [0.1, 0.15) is 0 Å². The molecule has 1 fully saturated rings. The molecule has 2 aliphatic rings. The van der Waals surface area contributed by atoms with Crippen molar-refractivity contribution in [2.75, 3.05) is 0 Å². The van der Waals surface area contributed by atoms with E-state index in [1.54, 1.807) is 5.57 Å². The highest BCUT2D eigenvalue weighted by molar-refractivity contribution is 5.24. The van der Waals surface area contributed by atoms with E-state index in [0.29, 0.717) is 0 Å². The van der Waals surface area contributed by atoms with Gasteiger partial charge in [-0.1, -0.05) is 11.6 Å². The zero-order chi connectivity index (χ0) is 5.56. The Bertz CT molecular complexity index is 137. The standard InChI is InChI=1S/C7H11N/c1-5-3-2-4-6-7(5)8-6/h3,6-8H,2,4H2,1H3. The molecule has 0 saturated carbocycles. The summed E-state index contributed by atoms with van der Waals surface area (Å²) >= 11 is 0. The zero-order valence-electron chi connectivity index (χ0n) is 5.15. The first-order chi connectivity index (χ1) is 3.88. The van der Waals surface area contributed by atoms with Crippen molar-refractivity contribution in [3.8, 4) is 0 Å². The van der Waals surface area contributed by atoms with Crippen molar-refractivity contribution < 1.29 is 0 Å². The van der Waals surface area contributed by atoms with Crippen LogP contribution in [-0.2, 0) is 0 Å². The van der Waals surface area contributed by atoms with Crippen LogP contribution in [-0.4, -0.2) is 12.1 Å². The molecule has 1 aliphatic carbocycles. The summed E-state index contributed by atoms with van der Waals surface area (Å²) in [4.78, 5) is 0. The number of nitrogens with one attached hydrogen (secondary N) is 1. The molecule has 0 spiro atoms. The largest absolute Gasteiger partial charge is 0.304 e. The summed E-state index contributed by atoms with van der Waals surface area (Å²) in [7, 11) is 0. The average Bonchev–Trinajstić information content (AvgIpc) is 2.45. The summed E-state index contributed by atoms with van der Waals surface area (Å²) in [5.74, 6) is 0. The van der Waals surface area contributed by atoms with Gasteiger partial charge in [0.05, 0.1) is 0 Å². The van der Waals surface area contributed by atoms with E-state index >= 15 is 0 Å². The van der Waals surface area contributed by atoms with E-state index < -0.39 is 0 Å². The zero-order valence-corrected chi connectivity index (χ0v) is 5.15. The molecule has 1 nitrogen and oxygen atoms in total. The normalized spacial score (nSPS) is 42.9. The molecular formula is C7H11N. The van der Waals surface area contributed by atoms with Gasteiger partial charge in [-0.2, -0.15) is 0 Å². The van der Waals surface area contributed by atoms with Gasteiger partial charge in [-0.3, -0.25) is 0 Å². The second kappa shape index (κ2) is 1.35. The first-order valence-corrected chi connectivity index (χ1v) is 3.30. The monoisotopic (exact) mass is 109 g/mol. The molecule has 2 rings (SSSR count). The lowest BCUT2D eigenvalue weighted by molar-refractivity contribution is 0.778. The highest BCUT2D eigenvalue weighted by atomic mass is 15.1. The minimum atomic E-state index is 0.781. The Morgan fingerprint density at radius 1 is 1.75 bits per heavy atom. The Morgan fingerprint density at radius 3 is 3.25 bits per heavy atom. The molecular weight excluding hydrogens is 98.1 g/mol. The summed E-state index contributed by atoms with van der Waals surface area (Å²) in [6, 6.07) is 1.64. The molecule has 1 saturated heterocycles. The summed E-state index contributed by atoms with van der Waals surface area (Å²) in [6.07, 6.45) is 5.00. The van der Waals surface area contributed by atoms with Gasteiger partial charge in [0.15, 0.2) is 0 Å². The van der Waals surface area contributed by atoms with Crippen LogP contribution in [0, 0.1) is 0 Å². The van der Waals surface area contributed by atoms with Gasteiger partial charge in [-0.15, -0.1) is 0 Å². The molecule has 1 N–H and O–H groups in total. The predicted molar refractivity (Wildman–Crippen MR) is 33.7 cm³/mol. The molecule has 0 aromatic carbocycles. The molecule has 0 amide bonds. The summed E-state index contributed by atoms with van der Waals surface area (Å²) in [6.45, 7) is 2.22. The highest BCUT2D eigenvalue weighted by Gasteiger charge is 2.38. The van der Waals surface area contributed by atoms with Crippen LogP contribution in [0.5, 0.6) is 0 Å². The number of allylic oxidation sites excluding steroid dienone is 1. The molecule has 2 unspecified atom stereocenters. The summed E-state index contributed by atoms with van der Waals surface area (Å²) in [5.41, 5.74) is 1.56. The maximum atomic E-state index is 3.41. The Morgan fingerprint density at radius 2 is 2.62 bits per heavy atom. The van der Waals surface area contributed by atoms with Crippen molar-refractivity contribution in [3.63, 3.8) is 0 Å². The fourth-order valence-electron chi connectivity index (χ4n) is 1.49. The van der Waals surface area contributed by atoms with Crippen LogP contribution in [0.4, 0.5) is 0 Å². The average molecular weight is 109 g/mol. The van der Waals surface area contributed by atoms with Crippen LogP contribution in [0.1, 0.15) is 19.8 Å². The van der Waals surface area contributed by atoms with Gasteiger partial charge in [0.2, 0.25) is 0 Å².